The Labute approximate surface area is 177 Å². The second kappa shape index (κ2) is 9.76. The Bertz CT molecular complexity index is 947. The van der Waals surface area contributed by atoms with Crippen molar-refractivity contribution in [3.63, 3.8) is 0 Å². The van der Waals surface area contributed by atoms with Crippen LogP contribution in [-0.2, 0) is 6.42 Å². The van der Waals surface area contributed by atoms with Crippen LogP contribution in [0.2, 0.25) is 0 Å². The van der Waals surface area contributed by atoms with Crippen LogP contribution >= 0.6 is 0 Å². The Morgan fingerprint density at radius 1 is 0.900 bits per heavy atom. The third-order valence-corrected chi connectivity index (χ3v) is 5.34. The topological polar surface area (TPSA) is 60.6 Å². The van der Waals surface area contributed by atoms with Crippen molar-refractivity contribution in [3.05, 3.63) is 48.0 Å². The molecule has 0 saturated carbocycles. The minimum absolute atomic E-state index is 0.465. The quantitative estimate of drug-likeness (QED) is 0.506. The molecule has 1 aliphatic rings. The van der Waals surface area contributed by atoms with Gasteiger partial charge in [0.05, 0.1) is 13.2 Å². The molecule has 3 aromatic rings. The molecule has 0 radical (unpaired) electrons. The van der Waals surface area contributed by atoms with Gasteiger partial charge in [0.1, 0.15) is 0 Å². The molecule has 0 amide bonds. The van der Waals surface area contributed by atoms with E-state index in [1.54, 1.807) is 0 Å². The SMILES string of the molecule is CCOc1ccc(-c2nc(-c3ccc(CCN4CCCC4)cc3)no2)cc1OCC. The molecule has 1 saturated heterocycles. The van der Waals surface area contributed by atoms with E-state index in [4.69, 9.17) is 14.0 Å². The molecule has 1 fully saturated rings. The molecule has 0 bridgehead atoms. The van der Waals surface area contributed by atoms with E-state index < -0.39 is 0 Å². The molecule has 1 aliphatic heterocycles. The van der Waals surface area contributed by atoms with E-state index in [1.807, 2.05) is 32.0 Å². The lowest BCUT2D eigenvalue weighted by molar-refractivity contribution is 0.288. The van der Waals surface area contributed by atoms with Crippen LogP contribution < -0.4 is 9.47 Å². The van der Waals surface area contributed by atoms with Gasteiger partial charge in [-0.05, 0) is 70.0 Å². The molecule has 0 atom stereocenters. The van der Waals surface area contributed by atoms with Gasteiger partial charge >= 0.3 is 0 Å². The summed E-state index contributed by atoms with van der Waals surface area (Å²) in [5.41, 5.74) is 3.09. The molecule has 30 heavy (non-hydrogen) atoms. The highest BCUT2D eigenvalue weighted by atomic mass is 16.5. The maximum Gasteiger partial charge on any atom is 0.258 e. The first-order valence-corrected chi connectivity index (χ1v) is 10.8. The summed E-state index contributed by atoms with van der Waals surface area (Å²) in [4.78, 5) is 7.12. The van der Waals surface area contributed by atoms with Crippen molar-refractivity contribution < 1.29 is 14.0 Å². The molecule has 6 nitrogen and oxygen atoms in total. The van der Waals surface area contributed by atoms with Crippen LogP contribution in [0.3, 0.4) is 0 Å². The summed E-state index contributed by atoms with van der Waals surface area (Å²) in [5, 5.41) is 4.17. The van der Waals surface area contributed by atoms with Crippen LogP contribution in [0.4, 0.5) is 0 Å². The zero-order valence-electron chi connectivity index (χ0n) is 17.8. The first kappa shape index (κ1) is 20.4. The first-order valence-electron chi connectivity index (χ1n) is 10.8. The summed E-state index contributed by atoms with van der Waals surface area (Å²) in [6, 6.07) is 14.1. The summed E-state index contributed by atoms with van der Waals surface area (Å²) in [5.74, 6) is 2.45. The van der Waals surface area contributed by atoms with Gasteiger partial charge in [0.2, 0.25) is 5.82 Å². The van der Waals surface area contributed by atoms with Crippen molar-refractivity contribution >= 4 is 0 Å². The van der Waals surface area contributed by atoms with Crippen molar-refractivity contribution in [2.24, 2.45) is 0 Å². The number of likely N-dealkylation sites (tertiary alicyclic amines) is 1. The summed E-state index contributed by atoms with van der Waals surface area (Å²) >= 11 is 0. The highest BCUT2D eigenvalue weighted by Gasteiger charge is 2.15. The molecule has 0 unspecified atom stereocenters. The third-order valence-electron chi connectivity index (χ3n) is 5.34. The highest BCUT2D eigenvalue weighted by Crippen LogP contribution is 2.33. The van der Waals surface area contributed by atoms with Gasteiger partial charge in [-0.25, -0.2) is 0 Å². The lowest BCUT2D eigenvalue weighted by Crippen LogP contribution is -2.21. The van der Waals surface area contributed by atoms with Gasteiger partial charge in [-0.1, -0.05) is 29.4 Å². The second-order valence-corrected chi connectivity index (χ2v) is 7.45. The summed E-state index contributed by atoms with van der Waals surface area (Å²) in [6.07, 6.45) is 3.74. The zero-order chi connectivity index (χ0) is 20.8. The second-order valence-electron chi connectivity index (χ2n) is 7.45. The Kier molecular flexibility index (Phi) is 6.64. The standard InChI is InChI=1S/C24H29N3O3/c1-3-28-21-12-11-20(17-22(21)29-4-2)24-25-23(26-30-24)19-9-7-18(8-10-19)13-16-27-14-5-6-15-27/h7-12,17H,3-6,13-16H2,1-2H3. The fourth-order valence-electron chi connectivity index (χ4n) is 3.76. The van der Waals surface area contributed by atoms with Crippen LogP contribution in [0.25, 0.3) is 22.8 Å². The predicted molar refractivity (Wildman–Crippen MR) is 117 cm³/mol. The van der Waals surface area contributed by atoms with Crippen molar-refractivity contribution in [1.29, 1.82) is 0 Å². The fourth-order valence-corrected chi connectivity index (χ4v) is 3.76. The number of hydrogen-bond acceptors (Lipinski definition) is 6. The van der Waals surface area contributed by atoms with Crippen LogP contribution in [-0.4, -0.2) is 47.9 Å². The zero-order valence-corrected chi connectivity index (χ0v) is 17.8. The maximum atomic E-state index is 5.70. The molecule has 2 heterocycles. The lowest BCUT2D eigenvalue weighted by Gasteiger charge is -2.14. The molecule has 0 spiro atoms. The van der Waals surface area contributed by atoms with Crippen molar-refractivity contribution in [2.75, 3.05) is 32.8 Å². The Morgan fingerprint density at radius 3 is 2.33 bits per heavy atom. The van der Waals surface area contributed by atoms with E-state index >= 15 is 0 Å². The van der Waals surface area contributed by atoms with E-state index in [9.17, 15) is 0 Å². The van der Waals surface area contributed by atoms with Crippen LogP contribution in [0.15, 0.2) is 47.0 Å². The number of nitrogens with zero attached hydrogens (tertiary/aromatic N) is 3. The lowest BCUT2D eigenvalue weighted by atomic mass is 10.1. The van der Waals surface area contributed by atoms with Gasteiger partial charge in [0.25, 0.3) is 5.89 Å². The maximum absolute atomic E-state index is 5.70. The van der Waals surface area contributed by atoms with E-state index in [0.717, 1.165) is 24.1 Å². The summed E-state index contributed by atoms with van der Waals surface area (Å²) < 4.78 is 16.8. The van der Waals surface area contributed by atoms with Crippen molar-refractivity contribution in [3.8, 4) is 34.3 Å². The van der Waals surface area contributed by atoms with Crippen LogP contribution in [0, 0.1) is 0 Å². The molecule has 0 aliphatic carbocycles. The molecule has 158 valence electrons. The molecule has 2 aromatic carbocycles. The van der Waals surface area contributed by atoms with Gasteiger partial charge < -0.3 is 18.9 Å². The van der Waals surface area contributed by atoms with Crippen LogP contribution in [0.5, 0.6) is 11.5 Å². The molecule has 0 N–H and O–H groups in total. The average Bonchev–Trinajstić information content (AvgIpc) is 3.47. The Hall–Kier alpha value is -2.86. The van der Waals surface area contributed by atoms with Gasteiger partial charge in [0.15, 0.2) is 11.5 Å². The third kappa shape index (κ3) is 4.82. The largest absolute Gasteiger partial charge is 0.490 e. The summed E-state index contributed by atoms with van der Waals surface area (Å²) in [7, 11) is 0. The monoisotopic (exact) mass is 407 g/mol. The molecule has 1 aromatic heterocycles. The average molecular weight is 408 g/mol. The molecular formula is C24H29N3O3. The van der Waals surface area contributed by atoms with E-state index in [0.29, 0.717) is 36.4 Å². The van der Waals surface area contributed by atoms with Crippen LogP contribution in [0.1, 0.15) is 32.3 Å². The minimum Gasteiger partial charge on any atom is -0.490 e. The first-order chi connectivity index (χ1) is 14.8. The van der Waals surface area contributed by atoms with Crippen molar-refractivity contribution in [1.82, 2.24) is 15.0 Å². The van der Waals surface area contributed by atoms with E-state index in [1.165, 1.54) is 31.5 Å². The number of rotatable bonds is 9. The van der Waals surface area contributed by atoms with Gasteiger partial charge in [-0.15, -0.1) is 0 Å². The highest BCUT2D eigenvalue weighted by molar-refractivity contribution is 5.63. The Morgan fingerprint density at radius 2 is 1.60 bits per heavy atom. The normalized spacial score (nSPS) is 14.2. The van der Waals surface area contributed by atoms with E-state index in [-0.39, 0.29) is 0 Å². The fraction of sp³-hybridized carbons (Fsp3) is 0.417. The molecular weight excluding hydrogens is 378 g/mol. The van der Waals surface area contributed by atoms with E-state index in [2.05, 4.69) is 39.3 Å². The number of benzene rings is 2. The molecule has 6 heteroatoms. The van der Waals surface area contributed by atoms with Gasteiger partial charge in [-0.3, -0.25) is 0 Å². The smallest absolute Gasteiger partial charge is 0.258 e. The summed E-state index contributed by atoms with van der Waals surface area (Å²) in [6.45, 7) is 8.64. The van der Waals surface area contributed by atoms with Crippen molar-refractivity contribution in [2.45, 2.75) is 33.1 Å². The number of aromatic nitrogens is 2. The minimum atomic E-state index is 0.465. The predicted octanol–water partition coefficient (Wildman–Crippen LogP) is 4.84. The number of hydrogen-bond donors (Lipinski definition) is 0. The van der Waals surface area contributed by atoms with Gasteiger partial charge in [-0.2, -0.15) is 4.98 Å². The Balaban J connectivity index is 1.46. The van der Waals surface area contributed by atoms with Gasteiger partial charge in [0, 0.05) is 17.7 Å². The molecule has 4 rings (SSSR count). The number of ether oxygens (including phenoxy) is 2.